The number of nitrogens with one attached hydrogen (secondary N) is 2. The fourth-order valence-electron chi connectivity index (χ4n) is 3.75. The molecule has 2 aromatic rings. The largest absolute Gasteiger partial charge is 0.352 e. The molecular weight excluding hydrogens is 410 g/mol. The maximum Gasteiger partial charge on any atom is 0.263 e. The van der Waals surface area contributed by atoms with Gasteiger partial charge >= 0.3 is 0 Å². The van der Waals surface area contributed by atoms with Gasteiger partial charge in [-0.25, -0.2) is 0 Å². The third-order valence-corrected chi connectivity index (χ3v) is 6.77. The zero-order valence-electron chi connectivity index (χ0n) is 18.4. The van der Waals surface area contributed by atoms with Gasteiger partial charge in [0.1, 0.15) is 6.04 Å². The molecule has 0 bridgehead atoms. The van der Waals surface area contributed by atoms with Crippen LogP contribution in [0.3, 0.4) is 0 Å². The highest BCUT2D eigenvalue weighted by Crippen LogP contribution is 2.24. The second-order valence-corrected chi connectivity index (χ2v) is 9.19. The van der Waals surface area contributed by atoms with Gasteiger partial charge in [0.2, 0.25) is 5.91 Å². The third-order valence-electron chi connectivity index (χ3n) is 5.91. The summed E-state index contributed by atoms with van der Waals surface area (Å²) in [5.41, 5.74) is 1.61. The Labute approximate surface area is 188 Å². The van der Waals surface area contributed by atoms with Crippen LogP contribution in [0.1, 0.15) is 58.7 Å². The van der Waals surface area contributed by atoms with Gasteiger partial charge in [-0.15, -0.1) is 11.3 Å². The first-order valence-electron chi connectivity index (χ1n) is 10.9. The van der Waals surface area contributed by atoms with E-state index in [1.165, 1.54) is 11.3 Å². The maximum absolute atomic E-state index is 13.0. The van der Waals surface area contributed by atoms with E-state index in [2.05, 4.69) is 10.6 Å². The number of hydrogen-bond donors (Lipinski definition) is 2. The van der Waals surface area contributed by atoms with Crippen molar-refractivity contribution in [3.8, 4) is 0 Å². The molecule has 2 heterocycles. The van der Waals surface area contributed by atoms with Crippen LogP contribution >= 0.6 is 11.3 Å². The van der Waals surface area contributed by atoms with Crippen LogP contribution in [0.15, 0.2) is 41.8 Å². The molecule has 1 aliphatic rings. The Hall–Kier alpha value is -2.67. The van der Waals surface area contributed by atoms with Crippen molar-refractivity contribution in [3.63, 3.8) is 0 Å². The molecule has 166 valence electrons. The first kappa shape index (κ1) is 23.0. The van der Waals surface area contributed by atoms with E-state index in [9.17, 15) is 14.4 Å². The highest BCUT2D eigenvalue weighted by molar-refractivity contribution is 7.12. The summed E-state index contributed by atoms with van der Waals surface area (Å²) < 4.78 is 0. The van der Waals surface area contributed by atoms with Crippen molar-refractivity contribution in [2.45, 2.75) is 52.1 Å². The molecule has 1 fully saturated rings. The Bertz CT molecular complexity index is 887. The minimum Gasteiger partial charge on any atom is -0.352 e. The average Bonchev–Trinajstić information content (AvgIpc) is 3.32. The number of rotatable bonds is 7. The second-order valence-electron chi connectivity index (χ2n) is 8.24. The molecule has 2 atom stereocenters. The molecule has 1 aromatic heterocycles. The smallest absolute Gasteiger partial charge is 0.263 e. The number of likely N-dealkylation sites (tertiary alicyclic amines) is 1. The van der Waals surface area contributed by atoms with Crippen molar-refractivity contribution in [3.05, 3.63) is 57.8 Å². The van der Waals surface area contributed by atoms with Gasteiger partial charge in [0.15, 0.2) is 0 Å². The SMILES string of the molecule is CCC(C)NC(=O)C(NC(=O)c1ccc(C)cc1)C1CCN(C(=O)c2cccs2)CC1. The molecule has 2 N–H and O–H groups in total. The van der Waals surface area contributed by atoms with Gasteiger partial charge in [0.05, 0.1) is 4.88 Å². The van der Waals surface area contributed by atoms with Crippen molar-refractivity contribution < 1.29 is 14.4 Å². The van der Waals surface area contributed by atoms with Crippen LogP contribution in [0.4, 0.5) is 0 Å². The Morgan fingerprint density at radius 2 is 1.77 bits per heavy atom. The van der Waals surface area contributed by atoms with Crippen LogP contribution in [0.25, 0.3) is 0 Å². The van der Waals surface area contributed by atoms with Gasteiger partial charge in [-0.3, -0.25) is 14.4 Å². The summed E-state index contributed by atoms with van der Waals surface area (Å²) in [5.74, 6) is -0.386. The fraction of sp³-hybridized carbons (Fsp3) is 0.458. The number of nitrogens with zero attached hydrogens (tertiary/aromatic N) is 1. The average molecular weight is 442 g/mol. The lowest BCUT2D eigenvalue weighted by atomic mass is 9.88. The first-order valence-corrected chi connectivity index (χ1v) is 11.8. The topological polar surface area (TPSA) is 78.5 Å². The van der Waals surface area contributed by atoms with Crippen LogP contribution in [0.2, 0.25) is 0 Å². The van der Waals surface area contributed by atoms with Gasteiger partial charge in [-0.1, -0.05) is 30.7 Å². The van der Waals surface area contributed by atoms with E-state index in [1.807, 2.05) is 55.3 Å². The lowest BCUT2D eigenvalue weighted by Gasteiger charge is -2.36. The molecule has 0 saturated carbocycles. The molecule has 1 aromatic carbocycles. The maximum atomic E-state index is 13.0. The van der Waals surface area contributed by atoms with E-state index < -0.39 is 6.04 Å². The third kappa shape index (κ3) is 5.94. The summed E-state index contributed by atoms with van der Waals surface area (Å²) in [6.45, 7) is 7.09. The van der Waals surface area contributed by atoms with Gasteiger partial charge in [-0.05, 0) is 62.6 Å². The summed E-state index contributed by atoms with van der Waals surface area (Å²) in [5, 5.41) is 7.89. The summed E-state index contributed by atoms with van der Waals surface area (Å²) in [6.07, 6.45) is 2.16. The predicted octanol–water partition coefficient (Wildman–Crippen LogP) is 3.62. The van der Waals surface area contributed by atoms with E-state index in [0.29, 0.717) is 31.5 Å². The molecular formula is C24H31N3O3S. The molecule has 3 rings (SSSR count). The predicted molar refractivity (Wildman–Crippen MR) is 123 cm³/mol. The summed E-state index contributed by atoms with van der Waals surface area (Å²) >= 11 is 1.44. The van der Waals surface area contributed by atoms with Crippen LogP contribution < -0.4 is 10.6 Å². The normalized spacial score (nSPS) is 16.4. The molecule has 6 nitrogen and oxygen atoms in total. The number of amides is 3. The number of carbonyl (C=O) groups is 3. The molecule has 0 spiro atoms. The van der Waals surface area contributed by atoms with Gasteiger partial charge < -0.3 is 15.5 Å². The Morgan fingerprint density at radius 3 is 2.35 bits per heavy atom. The minimum absolute atomic E-state index is 0.0224. The number of hydrogen-bond acceptors (Lipinski definition) is 4. The Balaban J connectivity index is 1.69. The highest BCUT2D eigenvalue weighted by atomic mass is 32.1. The standard InChI is InChI=1S/C24H31N3O3S/c1-4-17(3)25-23(29)21(26-22(28)19-9-7-16(2)8-10-19)18-11-13-27(14-12-18)24(30)20-6-5-15-31-20/h5-10,15,17-18,21H,4,11-14H2,1-3H3,(H,25,29)(H,26,28). The Kier molecular flexibility index (Phi) is 7.85. The molecule has 3 amide bonds. The summed E-state index contributed by atoms with van der Waals surface area (Å²) in [7, 11) is 0. The number of aryl methyl sites for hydroxylation is 1. The van der Waals surface area contributed by atoms with Crippen molar-refractivity contribution in [1.29, 1.82) is 0 Å². The zero-order valence-corrected chi connectivity index (χ0v) is 19.2. The van der Waals surface area contributed by atoms with E-state index in [4.69, 9.17) is 0 Å². The zero-order chi connectivity index (χ0) is 22.4. The molecule has 0 radical (unpaired) electrons. The minimum atomic E-state index is -0.623. The number of carbonyl (C=O) groups excluding carboxylic acids is 3. The van der Waals surface area contributed by atoms with Crippen LogP contribution in [-0.4, -0.2) is 47.8 Å². The van der Waals surface area contributed by atoms with Gasteiger partial charge in [0, 0.05) is 24.7 Å². The highest BCUT2D eigenvalue weighted by Gasteiger charge is 2.34. The number of benzene rings is 1. The number of piperidine rings is 1. The summed E-state index contributed by atoms with van der Waals surface area (Å²) in [4.78, 5) is 41.1. The lowest BCUT2D eigenvalue weighted by Crippen LogP contribution is -2.55. The fourth-order valence-corrected chi connectivity index (χ4v) is 4.44. The number of thiophene rings is 1. The molecule has 31 heavy (non-hydrogen) atoms. The monoisotopic (exact) mass is 441 g/mol. The molecule has 1 saturated heterocycles. The van der Waals surface area contributed by atoms with Crippen molar-refractivity contribution >= 4 is 29.1 Å². The second kappa shape index (κ2) is 10.6. The molecule has 0 aliphatic carbocycles. The van der Waals surface area contributed by atoms with E-state index in [0.717, 1.165) is 16.9 Å². The Morgan fingerprint density at radius 1 is 1.10 bits per heavy atom. The van der Waals surface area contributed by atoms with Crippen LogP contribution in [0.5, 0.6) is 0 Å². The van der Waals surface area contributed by atoms with Crippen LogP contribution in [-0.2, 0) is 4.79 Å². The van der Waals surface area contributed by atoms with Gasteiger partial charge in [0.25, 0.3) is 11.8 Å². The van der Waals surface area contributed by atoms with Crippen molar-refractivity contribution in [2.24, 2.45) is 5.92 Å². The van der Waals surface area contributed by atoms with Crippen LogP contribution in [0, 0.1) is 12.8 Å². The molecule has 1 aliphatic heterocycles. The quantitative estimate of drug-likeness (QED) is 0.689. The van der Waals surface area contributed by atoms with E-state index in [1.54, 1.807) is 12.1 Å². The van der Waals surface area contributed by atoms with Crippen molar-refractivity contribution in [1.82, 2.24) is 15.5 Å². The molecule has 7 heteroatoms. The van der Waals surface area contributed by atoms with Crippen molar-refractivity contribution in [2.75, 3.05) is 13.1 Å². The van der Waals surface area contributed by atoms with E-state index >= 15 is 0 Å². The lowest BCUT2D eigenvalue weighted by molar-refractivity contribution is -0.125. The first-order chi connectivity index (χ1) is 14.9. The molecule has 2 unspecified atom stereocenters. The van der Waals surface area contributed by atoms with E-state index in [-0.39, 0.29) is 29.7 Å². The summed E-state index contributed by atoms with van der Waals surface area (Å²) in [6, 6.07) is 10.4. The van der Waals surface area contributed by atoms with Gasteiger partial charge in [-0.2, -0.15) is 0 Å².